The molecule has 0 unspecified atom stereocenters. The first kappa shape index (κ1) is 12.3. The third kappa shape index (κ3) is 4.49. The van der Waals surface area contributed by atoms with E-state index in [1.807, 2.05) is 24.3 Å². The normalized spacial score (nSPS) is 10.0. The van der Waals surface area contributed by atoms with Crippen LogP contribution < -0.4 is 4.74 Å². The molecule has 0 bridgehead atoms. The molecule has 1 rings (SSSR count). The lowest BCUT2D eigenvalue weighted by Crippen LogP contribution is -1.98. The topological polar surface area (TPSA) is 18.5 Å². The summed E-state index contributed by atoms with van der Waals surface area (Å²) in [4.78, 5) is 0. The van der Waals surface area contributed by atoms with E-state index in [2.05, 4.69) is 22.5 Å². The van der Waals surface area contributed by atoms with Crippen molar-refractivity contribution in [1.29, 1.82) is 0 Å². The molecule has 1 aromatic rings. The fraction of sp³-hybridized carbons (Fsp3) is 0.333. The second kappa shape index (κ2) is 6.64. The van der Waals surface area contributed by atoms with Gasteiger partial charge in [-0.05, 0) is 23.3 Å². The van der Waals surface area contributed by atoms with Gasteiger partial charge in [0.1, 0.15) is 5.75 Å². The first-order valence-corrected chi connectivity index (χ1v) is 5.81. The molecule has 0 fully saturated rings. The minimum atomic E-state index is 0.595. The van der Waals surface area contributed by atoms with Crippen LogP contribution >= 0.6 is 15.9 Å². The number of alkyl halides is 1. The van der Waals surface area contributed by atoms with Crippen LogP contribution in [-0.4, -0.2) is 19.0 Å². The van der Waals surface area contributed by atoms with Gasteiger partial charge in [-0.1, -0.05) is 34.6 Å². The summed E-state index contributed by atoms with van der Waals surface area (Å²) in [6.45, 7) is 5.04. The van der Waals surface area contributed by atoms with Crippen molar-refractivity contribution in [3.8, 4) is 5.75 Å². The molecule has 0 amide bonds. The summed E-state index contributed by atoms with van der Waals surface area (Å²) in [5.74, 6) is 0.864. The predicted octanol–water partition coefficient (Wildman–Crippen LogP) is 3.16. The number of benzene rings is 1. The summed E-state index contributed by atoms with van der Waals surface area (Å²) in [5.41, 5.74) is 2.18. The van der Waals surface area contributed by atoms with Crippen LogP contribution in [0.25, 0.3) is 0 Å². The number of methoxy groups -OCH3 is 1. The van der Waals surface area contributed by atoms with Crippen molar-refractivity contribution in [2.75, 3.05) is 19.0 Å². The van der Waals surface area contributed by atoms with Crippen molar-refractivity contribution >= 4 is 15.9 Å². The van der Waals surface area contributed by atoms with Gasteiger partial charge in [0.2, 0.25) is 0 Å². The van der Waals surface area contributed by atoms with Gasteiger partial charge >= 0.3 is 0 Å². The number of hydrogen-bond acceptors (Lipinski definition) is 2. The minimum Gasteiger partial charge on any atom is -0.497 e. The van der Waals surface area contributed by atoms with Crippen molar-refractivity contribution in [2.24, 2.45) is 0 Å². The Morgan fingerprint density at radius 3 is 2.53 bits per heavy atom. The third-order valence-electron chi connectivity index (χ3n) is 1.92. The van der Waals surface area contributed by atoms with Gasteiger partial charge in [0, 0.05) is 5.33 Å². The maximum Gasteiger partial charge on any atom is 0.118 e. The van der Waals surface area contributed by atoms with Gasteiger partial charge in [0.15, 0.2) is 0 Å². The van der Waals surface area contributed by atoms with Gasteiger partial charge in [-0.25, -0.2) is 0 Å². The Bertz CT molecular complexity index is 306. The zero-order chi connectivity index (χ0) is 11.1. The molecule has 0 aliphatic carbocycles. The highest BCUT2D eigenvalue weighted by atomic mass is 79.9. The fourth-order valence-electron chi connectivity index (χ4n) is 1.07. The molecule has 0 aromatic heterocycles. The van der Waals surface area contributed by atoms with E-state index in [0.717, 1.165) is 22.2 Å². The average Bonchev–Trinajstić information content (AvgIpc) is 2.29. The maximum atomic E-state index is 5.48. The van der Waals surface area contributed by atoms with Crippen LogP contribution in [0.3, 0.4) is 0 Å². The molecule has 0 radical (unpaired) electrons. The second-order valence-electron chi connectivity index (χ2n) is 3.22. The summed E-state index contributed by atoms with van der Waals surface area (Å²) in [7, 11) is 1.66. The van der Waals surface area contributed by atoms with Gasteiger partial charge < -0.3 is 9.47 Å². The first-order valence-electron chi connectivity index (χ1n) is 4.69. The van der Waals surface area contributed by atoms with E-state index in [1.165, 1.54) is 0 Å². The number of halogens is 1. The summed E-state index contributed by atoms with van der Waals surface area (Å²) in [5, 5.41) is 0.787. The van der Waals surface area contributed by atoms with Gasteiger partial charge in [-0.2, -0.15) is 0 Å². The Labute approximate surface area is 99.0 Å². The maximum absolute atomic E-state index is 5.48. The molecular formula is C12H15BrO2. The Kier molecular flexibility index (Phi) is 5.43. The van der Waals surface area contributed by atoms with Crippen LogP contribution in [0.15, 0.2) is 36.4 Å². The zero-order valence-corrected chi connectivity index (χ0v) is 10.4. The standard InChI is InChI=1S/C12H15BrO2/c1-10(7-13)8-15-9-11-3-5-12(14-2)6-4-11/h3-6H,1,7-9H2,2H3. The van der Waals surface area contributed by atoms with Crippen LogP contribution in [0.2, 0.25) is 0 Å². The van der Waals surface area contributed by atoms with E-state index in [9.17, 15) is 0 Å². The van der Waals surface area contributed by atoms with Crippen LogP contribution in [0.1, 0.15) is 5.56 Å². The SMILES string of the molecule is C=C(CBr)COCc1ccc(OC)cc1. The molecule has 82 valence electrons. The average molecular weight is 271 g/mol. The summed E-state index contributed by atoms with van der Waals surface area (Å²) < 4.78 is 10.5. The second-order valence-corrected chi connectivity index (χ2v) is 3.79. The van der Waals surface area contributed by atoms with E-state index in [1.54, 1.807) is 7.11 Å². The van der Waals surface area contributed by atoms with Gasteiger partial charge in [0.05, 0.1) is 20.3 Å². The van der Waals surface area contributed by atoms with Crippen LogP contribution in [-0.2, 0) is 11.3 Å². The Morgan fingerprint density at radius 2 is 2.00 bits per heavy atom. The van der Waals surface area contributed by atoms with Crippen molar-refractivity contribution in [1.82, 2.24) is 0 Å². The largest absolute Gasteiger partial charge is 0.497 e. The van der Waals surface area contributed by atoms with Crippen molar-refractivity contribution in [3.63, 3.8) is 0 Å². The van der Waals surface area contributed by atoms with E-state index < -0.39 is 0 Å². The molecular weight excluding hydrogens is 256 g/mol. The Hall–Kier alpha value is -0.800. The summed E-state index contributed by atoms with van der Waals surface area (Å²) in [6.07, 6.45) is 0. The first-order chi connectivity index (χ1) is 7.26. The molecule has 0 heterocycles. The van der Waals surface area contributed by atoms with E-state index >= 15 is 0 Å². The van der Waals surface area contributed by atoms with Crippen LogP contribution in [0, 0.1) is 0 Å². The molecule has 2 nitrogen and oxygen atoms in total. The van der Waals surface area contributed by atoms with E-state index in [-0.39, 0.29) is 0 Å². The molecule has 3 heteroatoms. The van der Waals surface area contributed by atoms with Crippen LogP contribution in [0.5, 0.6) is 5.75 Å². The lowest BCUT2D eigenvalue weighted by Gasteiger charge is -2.05. The molecule has 0 spiro atoms. The van der Waals surface area contributed by atoms with E-state index in [4.69, 9.17) is 9.47 Å². The molecule has 1 aromatic carbocycles. The Balaban J connectivity index is 2.34. The number of ether oxygens (including phenoxy) is 2. The van der Waals surface area contributed by atoms with Crippen molar-refractivity contribution in [3.05, 3.63) is 42.0 Å². The highest BCUT2D eigenvalue weighted by molar-refractivity contribution is 9.09. The molecule has 0 atom stereocenters. The van der Waals surface area contributed by atoms with Gasteiger partial charge in [-0.15, -0.1) is 0 Å². The molecule has 0 saturated carbocycles. The Morgan fingerprint density at radius 1 is 1.33 bits per heavy atom. The number of rotatable bonds is 6. The number of hydrogen-bond donors (Lipinski definition) is 0. The molecule has 0 saturated heterocycles. The molecule has 0 N–H and O–H groups in total. The van der Waals surface area contributed by atoms with Crippen molar-refractivity contribution in [2.45, 2.75) is 6.61 Å². The zero-order valence-electron chi connectivity index (χ0n) is 8.83. The highest BCUT2D eigenvalue weighted by Gasteiger charge is 1.96. The smallest absolute Gasteiger partial charge is 0.118 e. The summed E-state index contributed by atoms with van der Waals surface area (Å²) in [6, 6.07) is 7.85. The molecule has 15 heavy (non-hydrogen) atoms. The molecule has 0 aliphatic heterocycles. The van der Waals surface area contributed by atoms with Gasteiger partial charge in [0.25, 0.3) is 0 Å². The third-order valence-corrected chi connectivity index (χ3v) is 2.72. The van der Waals surface area contributed by atoms with Gasteiger partial charge in [-0.3, -0.25) is 0 Å². The quantitative estimate of drug-likeness (QED) is 0.584. The highest BCUT2D eigenvalue weighted by Crippen LogP contribution is 2.12. The minimum absolute atomic E-state index is 0.595. The lowest BCUT2D eigenvalue weighted by atomic mass is 10.2. The van der Waals surface area contributed by atoms with E-state index in [0.29, 0.717) is 13.2 Å². The summed E-state index contributed by atoms with van der Waals surface area (Å²) >= 11 is 3.32. The van der Waals surface area contributed by atoms with Crippen molar-refractivity contribution < 1.29 is 9.47 Å². The lowest BCUT2D eigenvalue weighted by molar-refractivity contribution is 0.143. The fourth-order valence-corrected chi connectivity index (χ4v) is 1.24. The predicted molar refractivity (Wildman–Crippen MR) is 65.6 cm³/mol. The molecule has 0 aliphatic rings. The monoisotopic (exact) mass is 270 g/mol. The van der Waals surface area contributed by atoms with Crippen LogP contribution in [0.4, 0.5) is 0 Å².